The third kappa shape index (κ3) is 3.90. The molecule has 0 aliphatic heterocycles. The van der Waals surface area contributed by atoms with Crippen molar-refractivity contribution in [2.24, 2.45) is 4.99 Å². The second kappa shape index (κ2) is 8.56. The van der Waals surface area contributed by atoms with Crippen molar-refractivity contribution in [3.8, 4) is 28.8 Å². The highest BCUT2D eigenvalue weighted by atomic mass is 16.5. The first-order valence-corrected chi connectivity index (χ1v) is 8.90. The molecule has 1 heterocycles. The van der Waals surface area contributed by atoms with Crippen LogP contribution in [-0.2, 0) is 0 Å². The minimum atomic E-state index is -0.777. The van der Waals surface area contributed by atoms with E-state index in [1.54, 1.807) is 49.4 Å². The first kappa shape index (κ1) is 20.7. The average Bonchev–Trinajstić information content (AvgIpc) is 2.74. The number of ether oxygens (including phenoxy) is 3. The van der Waals surface area contributed by atoms with Gasteiger partial charge in [0.1, 0.15) is 28.5 Å². The minimum Gasteiger partial charge on any atom is -0.497 e. The summed E-state index contributed by atoms with van der Waals surface area (Å²) in [5, 5.41) is 10.8. The van der Waals surface area contributed by atoms with Gasteiger partial charge >= 0.3 is 5.69 Å². The fourth-order valence-electron chi connectivity index (χ4n) is 2.94. The normalized spacial score (nSPS) is 11.3. The quantitative estimate of drug-likeness (QED) is 0.602. The molecule has 0 saturated carbocycles. The molecule has 0 aliphatic rings. The molecule has 1 aromatic heterocycles. The molecule has 3 aromatic rings. The summed E-state index contributed by atoms with van der Waals surface area (Å²) in [4.78, 5) is 31.4. The van der Waals surface area contributed by atoms with Crippen molar-refractivity contribution in [1.29, 1.82) is 0 Å². The predicted molar refractivity (Wildman–Crippen MR) is 112 cm³/mol. The lowest BCUT2D eigenvalue weighted by atomic mass is 10.2. The van der Waals surface area contributed by atoms with Crippen LogP contribution in [0.1, 0.15) is 12.5 Å². The van der Waals surface area contributed by atoms with Crippen LogP contribution in [0.5, 0.6) is 23.1 Å². The molecular weight excluding hydrogens is 390 g/mol. The molecule has 0 atom stereocenters. The van der Waals surface area contributed by atoms with Crippen LogP contribution < -0.4 is 25.5 Å². The Morgan fingerprint density at radius 2 is 1.60 bits per heavy atom. The molecule has 0 radical (unpaired) electrons. The monoisotopic (exact) mass is 411 g/mol. The number of aromatic amines is 1. The second-order valence-electron chi connectivity index (χ2n) is 6.23. The molecular formula is C21H21N3O6. The molecule has 3 rings (SSSR count). The first-order valence-electron chi connectivity index (χ1n) is 8.90. The lowest BCUT2D eigenvalue weighted by Crippen LogP contribution is -2.32. The molecule has 156 valence electrons. The molecule has 0 aliphatic carbocycles. The Bertz CT molecular complexity index is 1210. The van der Waals surface area contributed by atoms with E-state index in [1.165, 1.54) is 21.3 Å². The van der Waals surface area contributed by atoms with Gasteiger partial charge in [-0.2, -0.15) is 0 Å². The standard InChI is InChI=1S/C21H21N3O6/c1-12(22-16-10-9-15(29-3)11-17(16)30-4)18-19(25)23-21(27)24(20(18)26)13-5-7-14(28-2)8-6-13/h5-11,26H,1-4H3,(H,23,25,27). The Hall–Kier alpha value is -4.01. The number of benzene rings is 2. The summed E-state index contributed by atoms with van der Waals surface area (Å²) >= 11 is 0. The summed E-state index contributed by atoms with van der Waals surface area (Å²) in [6.45, 7) is 1.55. The number of hydrogen-bond donors (Lipinski definition) is 2. The van der Waals surface area contributed by atoms with Gasteiger partial charge in [-0.05, 0) is 43.3 Å². The van der Waals surface area contributed by atoms with Crippen LogP contribution in [0.15, 0.2) is 57.0 Å². The van der Waals surface area contributed by atoms with E-state index < -0.39 is 17.1 Å². The Morgan fingerprint density at radius 1 is 0.967 bits per heavy atom. The van der Waals surface area contributed by atoms with Gasteiger partial charge in [-0.1, -0.05) is 0 Å². The van der Waals surface area contributed by atoms with Crippen molar-refractivity contribution in [2.45, 2.75) is 6.92 Å². The smallest absolute Gasteiger partial charge is 0.335 e. The summed E-state index contributed by atoms with van der Waals surface area (Å²) in [5.74, 6) is 1.06. The molecule has 9 heteroatoms. The van der Waals surface area contributed by atoms with Gasteiger partial charge in [0.15, 0.2) is 0 Å². The fourth-order valence-corrected chi connectivity index (χ4v) is 2.94. The lowest BCUT2D eigenvalue weighted by Gasteiger charge is -2.12. The second-order valence-corrected chi connectivity index (χ2v) is 6.23. The minimum absolute atomic E-state index is 0.136. The van der Waals surface area contributed by atoms with Crippen LogP contribution in [0.3, 0.4) is 0 Å². The van der Waals surface area contributed by atoms with E-state index in [2.05, 4.69) is 9.98 Å². The van der Waals surface area contributed by atoms with Crippen LogP contribution in [-0.4, -0.2) is 41.7 Å². The van der Waals surface area contributed by atoms with E-state index in [4.69, 9.17) is 14.2 Å². The molecule has 0 fully saturated rings. The van der Waals surface area contributed by atoms with Gasteiger partial charge in [-0.25, -0.2) is 14.4 Å². The van der Waals surface area contributed by atoms with Gasteiger partial charge < -0.3 is 19.3 Å². The van der Waals surface area contributed by atoms with Gasteiger partial charge in [0.25, 0.3) is 5.56 Å². The van der Waals surface area contributed by atoms with Crippen molar-refractivity contribution >= 4 is 11.4 Å². The van der Waals surface area contributed by atoms with E-state index in [0.29, 0.717) is 28.6 Å². The number of rotatable bonds is 6. The molecule has 2 N–H and O–H groups in total. The number of aromatic nitrogens is 2. The van der Waals surface area contributed by atoms with Gasteiger partial charge in [0.2, 0.25) is 5.88 Å². The fraction of sp³-hybridized carbons (Fsp3) is 0.190. The molecule has 2 aromatic carbocycles. The van der Waals surface area contributed by atoms with Crippen LogP contribution in [0.4, 0.5) is 5.69 Å². The molecule has 0 bridgehead atoms. The van der Waals surface area contributed by atoms with Crippen LogP contribution >= 0.6 is 0 Å². The Kier molecular flexibility index (Phi) is 5.91. The van der Waals surface area contributed by atoms with Crippen LogP contribution in [0, 0.1) is 0 Å². The SMILES string of the molecule is COc1ccc(-n2c(O)c(C(C)=Nc3ccc(OC)cc3OC)c(=O)[nH]c2=O)cc1. The van der Waals surface area contributed by atoms with Gasteiger partial charge in [-0.15, -0.1) is 0 Å². The highest BCUT2D eigenvalue weighted by Crippen LogP contribution is 2.32. The largest absolute Gasteiger partial charge is 0.497 e. The van der Waals surface area contributed by atoms with Gasteiger partial charge in [-0.3, -0.25) is 9.78 Å². The van der Waals surface area contributed by atoms with E-state index in [1.807, 2.05) is 0 Å². The zero-order valence-corrected chi connectivity index (χ0v) is 16.9. The Morgan fingerprint density at radius 3 is 2.20 bits per heavy atom. The topological polar surface area (TPSA) is 115 Å². The number of aliphatic imine (C=N–C) groups is 1. The number of aromatic hydroxyl groups is 1. The lowest BCUT2D eigenvalue weighted by molar-refractivity contribution is 0.395. The molecule has 30 heavy (non-hydrogen) atoms. The van der Waals surface area contributed by atoms with E-state index in [9.17, 15) is 14.7 Å². The average molecular weight is 411 g/mol. The zero-order valence-electron chi connectivity index (χ0n) is 16.9. The molecule has 9 nitrogen and oxygen atoms in total. The number of methoxy groups -OCH3 is 3. The summed E-state index contributed by atoms with van der Waals surface area (Å²) in [5.41, 5.74) is -0.692. The Balaban J connectivity index is 2.15. The highest BCUT2D eigenvalue weighted by Gasteiger charge is 2.18. The number of nitrogens with one attached hydrogen (secondary N) is 1. The molecule has 0 saturated heterocycles. The number of nitrogens with zero attached hydrogens (tertiary/aromatic N) is 2. The predicted octanol–water partition coefficient (Wildman–Crippen LogP) is 2.40. The maximum Gasteiger partial charge on any atom is 0.335 e. The van der Waals surface area contributed by atoms with Crippen molar-refractivity contribution in [1.82, 2.24) is 9.55 Å². The zero-order chi connectivity index (χ0) is 21.8. The summed E-state index contributed by atoms with van der Waals surface area (Å²) in [6.07, 6.45) is 0. The van der Waals surface area contributed by atoms with Crippen molar-refractivity contribution in [2.75, 3.05) is 21.3 Å². The van der Waals surface area contributed by atoms with Crippen molar-refractivity contribution in [3.63, 3.8) is 0 Å². The molecule has 0 unspecified atom stereocenters. The van der Waals surface area contributed by atoms with Crippen molar-refractivity contribution in [3.05, 3.63) is 68.9 Å². The first-order chi connectivity index (χ1) is 14.4. The van der Waals surface area contributed by atoms with Crippen LogP contribution in [0.25, 0.3) is 5.69 Å². The molecule has 0 amide bonds. The van der Waals surface area contributed by atoms with E-state index in [-0.39, 0.29) is 11.3 Å². The summed E-state index contributed by atoms with van der Waals surface area (Å²) in [6, 6.07) is 11.4. The van der Waals surface area contributed by atoms with Crippen molar-refractivity contribution < 1.29 is 19.3 Å². The van der Waals surface area contributed by atoms with Gasteiger partial charge in [0.05, 0.1) is 32.7 Å². The van der Waals surface area contributed by atoms with Gasteiger partial charge in [0, 0.05) is 6.07 Å². The van der Waals surface area contributed by atoms with Crippen LogP contribution in [0.2, 0.25) is 0 Å². The van der Waals surface area contributed by atoms with E-state index >= 15 is 0 Å². The Labute approximate surface area is 171 Å². The molecule has 0 spiro atoms. The number of H-pyrrole nitrogens is 1. The number of hydrogen-bond acceptors (Lipinski definition) is 7. The third-order valence-electron chi connectivity index (χ3n) is 4.45. The maximum absolute atomic E-state index is 12.5. The highest BCUT2D eigenvalue weighted by molar-refractivity contribution is 6.02. The van der Waals surface area contributed by atoms with E-state index in [0.717, 1.165) is 4.57 Å². The summed E-state index contributed by atoms with van der Waals surface area (Å²) in [7, 11) is 4.53. The summed E-state index contributed by atoms with van der Waals surface area (Å²) < 4.78 is 16.6. The maximum atomic E-state index is 12.5. The third-order valence-corrected chi connectivity index (χ3v) is 4.45.